The Balaban J connectivity index is 1.49. The lowest BCUT2D eigenvalue weighted by Crippen LogP contribution is -2.26. The minimum Gasteiger partial charge on any atom is -0.323 e. The summed E-state index contributed by atoms with van der Waals surface area (Å²) in [5.41, 5.74) is 2.94. The third kappa shape index (κ3) is 4.10. The molecular formula is C26H18BrN3O3. The van der Waals surface area contributed by atoms with Crippen LogP contribution < -0.4 is 15.5 Å². The van der Waals surface area contributed by atoms with Gasteiger partial charge in [-0.05, 0) is 53.9 Å². The van der Waals surface area contributed by atoms with Gasteiger partial charge in [-0.1, -0.05) is 52.3 Å². The van der Waals surface area contributed by atoms with E-state index in [-0.39, 0.29) is 24.1 Å². The monoisotopic (exact) mass is 499 g/mol. The third-order valence-corrected chi connectivity index (χ3v) is 5.94. The molecule has 0 bridgehead atoms. The first-order valence-electron chi connectivity index (χ1n) is 10.3. The Bertz CT molecular complexity index is 1420. The van der Waals surface area contributed by atoms with E-state index in [4.69, 9.17) is 0 Å². The lowest BCUT2D eigenvalue weighted by atomic mass is 10.1. The molecule has 1 aliphatic heterocycles. The second-order valence-corrected chi connectivity index (χ2v) is 8.56. The number of anilines is 4. The SMILES string of the molecule is O=C1CC(=O)N(c2ccc(NC(=O)c3cccc(Br)c3)cc2)c2ccc3ccccc3c2N1. The second-order valence-electron chi connectivity index (χ2n) is 7.65. The maximum absolute atomic E-state index is 13.0. The Morgan fingerprint density at radius 3 is 2.48 bits per heavy atom. The van der Waals surface area contributed by atoms with E-state index in [1.807, 2.05) is 42.5 Å². The van der Waals surface area contributed by atoms with Crippen molar-refractivity contribution < 1.29 is 14.4 Å². The van der Waals surface area contributed by atoms with Crippen molar-refractivity contribution in [2.75, 3.05) is 15.5 Å². The fourth-order valence-corrected chi connectivity index (χ4v) is 4.32. The Labute approximate surface area is 198 Å². The van der Waals surface area contributed by atoms with Crippen LogP contribution in [0.15, 0.2) is 89.4 Å². The van der Waals surface area contributed by atoms with Crippen LogP contribution in [0.3, 0.4) is 0 Å². The predicted molar refractivity (Wildman–Crippen MR) is 133 cm³/mol. The minimum atomic E-state index is -0.349. The van der Waals surface area contributed by atoms with Gasteiger partial charge in [0.05, 0.1) is 11.4 Å². The van der Waals surface area contributed by atoms with Gasteiger partial charge in [0.25, 0.3) is 5.91 Å². The molecule has 2 N–H and O–H groups in total. The van der Waals surface area contributed by atoms with Crippen molar-refractivity contribution in [2.45, 2.75) is 6.42 Å². The van der Waals surface area contributed by atoms with Crippen LogP contribution in [0.1, 0.15) is 16.8 Å². The summed E-state index contributed by atoms with van der Waals surface area (Å²) in [6, 6.07) is 25.6. The van der Waals surface area contributed by atoms with E-state index in [0.29, 0.717) is 28.3 Å². The molecular weight excluding hydrogens is 482 g/mol. The molecule has 0 radical (unpaired) electrons. The maximum Gasteiger partial charge on any atom is 0.255 e. The number of nitrogens with zero attached hydrogens (tertiary/aromatic N) is 1. The number of carbonyl (C=O) groups is 3. The van der Waals surface area contributed by atoms with Crippen molar-refractivity contribution in [1.29, 1.82) is 0 Å². The number of benzene rings is 4. The minimum absolute atomic E-state index is 0.235. The van der Waals surface area contributed by atoms with E-state index in [9.17, 15) is 14.4 Å². The number of nitrogens with one attached hydrogen (secondary N) is 2. The van der Waals surface area contributed by atoms with Crippen LogP contribution in [0.5, 0.6) is 0 Å². The second kappa shape index (κ2) is 8.52. The standard InChI is InChI=1S/C26H18BrN3O3/c27-18-6-3-5-17(14-18)26(33)28-19-9-11-20(12-10-19)30-22-13-8-16-4-1-2-7-21(16)25(22)29-23(31)15-24(30)32/h1-14H,15H2,(H,28,33)(H,29,31). The fraction of sp³-hybridized carbons (Fsp3) is 0.0385. The average Bonchev–Trinajstić information content (AvgIpc) is 2.94. The topological polar surface area (TPSA) is 78.5 Å². The highest BCUT2D eigenvalue weighted by Gasteiger charge is 2.28. The first-order valence-corrected chi connectivity index (χ1v) is 11.1. The summed E-state index contributed by atoms with van der Waals surface area (Å²) >= 11 is 3.37. The summed E-state index contributed by atoms with van der Waals surface area (Å²) in [7, 11) is 0. The van der Waals surface area contributed by atoms with Crippen molar-refractivity contribution in [2.24, 2.45) is 0 Å². The first kappa shape index (κ1) is 20.9. The highest BCUT2D eigenvalue weighted by molar-refractivity contribution is 9.10. The highest BCUT2D eigenvalue weighted by atomic mass is 79.9. The molecule has 4 aromatic rings. The number of carbonyl (C=O) groups excluding carboxylic acids is 3. The van der Waals surface area contributed by atoms with Gasteiger partial charge in [0, 0.05) is 26.8 Å². The van der Waals surface area contributed by atoms with Gasteiger partial charge in [-0.25, -0.2) is 0 Å². The van der Waals surface area contributed by atoms with E-state index >= 15 is 0 Å². The molecule has 0 aromatic heterocycles. The van der Waals surface area contributed by atoms with Gasteiger partial charge in [0.2, 0.25) is 11.8 Å². The molecule has 3 amide bonds. The van der Waals surface area contributed by atoms with Gasteiger partial charge in [0.1, 0.15) is 6.42 Å². The Hall–Kier alpha value is -3.97. The quantitative estimate of drug-likeness (QED) is 0.346. The zero-order chi connectivity index (χ0) is 22.9. The number of halogens is 1. The summed E-state index contributed by atoms with van der Waals surface area (Å²) in [6.45, 7) is 0. The van der Waals surface area contributed by atoms with Gasteiger partial charge >= 0.3 is 0 Å². The van der Waals surface area contributed by atoms with Gasteiger partial charge in [-0.2, -0.15) is 0 Å². The molecule has 0 saturated heterocycles. The molecule has 0 spiro atoms. The van der Waals surface area contributed by atoms with Crippen molar-refractivity contribution in [3.05, 3.63) is 95.0 Å². The van der Waals surface area contributed by atoms with E-state index in [0.717, 1.165) is 15.2 Å². The first-order chi connectivity index (χ1) is 16.0. The average molecular weight is 500 g/mol. The molecule has 0 aliphatic carbocycles. The summed E-state index contributed by atoms with van der Waals surface area (Å²) in [5, 5.41) is 7.58. The Kier molecular flexibility index (Phi) is 5.40. The van der Waals surface area contributed by atoms with Crippen LogP contribution in [0.25, 0.3) is 10.8 Å². The summed E-state index contributed by atoms with van der Waals surface area (Å²) in [4.78, 5) is 39.5. The fourth-order valence-electron chi connectivity index (χ4n) is 3.92. The number of amides is 3. The maximum atomic E-state index is 13.0. The zero-order valence-corrected chi connectivity index (χ0v) is 18.9. The molecule has 0 atom stereocenters. The van der Waals surface area contributed by atoms with Crippen LogP contribution >= 0.6 is 15.9 Å². The summed E-state index contributed by atoms with van der Waals surface area (Å²) < 4.78 is 0.819. The number of fused-ring (bicyclic) bond motifs is 3. The van der Waals surface area contributed by atoms with Crippen molar-refractivity contribution in [1.82, 2.24) is 0 Å². The molecule has 1 aliphatic rings. The van der Waals surface area contributed by atoms with Gasteiger partial charge < -0.3 is 10.6 Å². The largest absolute Gasteiger partial charge is 0.323 e. The van der Waals surface area contributed by atoms with Crippen LogP contribution in [0.4, 0.5) is 22.7 Å². The van der Waals surface area contributed by atoms with E-state index < -0.39 is 0 Å². The van der Waals surface area contributed by atoms with Crippen LogP contribution in [-0.4, -0.2) is 17.7 Å². The van der Waals surface area contributed by atoms with Gasteiger partial charge in [-0.15, -0.1) is 0 Å². The zero-order valence-electron chi connectivity index (χ0n) is 17.3. The molecule has 7 heteroatoms. The molecule has 0 unspecified atom stereocenters. The Morgan fingerprint density at radius 2 is 1.70 bits per heavy atom. The summed E-state index contributed by atoms with van der Waals surface area (Å²) in [6.07, 6.45) is -0.260. The molecule has 33 heavy (non-hydrogen) atoms. The van der Waals surface area contributed by atoms with Gasteiger partial charge in [-0.3, -0.25) is 19.3 Å². The number of hydrogen-bond donors (Lipinski definition) is 2. The predicted octanol–water partition coefficient (Wildman–Crippen LogP) is 5.86. The van der Waals surface area contributed by atoms with Crippen molar-refractivity contribution in [3.63, 3.8) is 0 Å². The lowest BCUT2D eigenvalue weighted by molar-refractivity contribution is -0.124. The van der Waals surface area contributed by atoms with Crippen LogP contribution in [0.2, 0.25) is 0 Å². The molecule has 0 saturated carbocycles. The molecule has 5 rings (SSSR count). The Morgan fingerprint density at radius 1 is 0.909 bits per heavy atom. The molecule has 6 nitrogen and oxygen atoms in total. The lowest BCUT2D eigenvalue weighted by Gasteiger charge is -2.23. The van der Waals surface area contributed by atoms with Crippen molar-refractivity contribution in [3.8, 4) is 0 Å². The van der Waals surface area contributed by atoms with E-state index in [1.54, 1.807) is 47.4 Å². The summed E-state index contributed by atoms with van der Waals surface area (Å²) in [5.74, 6) is -0.910. The van der Waals surface area contributed by atoms with E-state index in [2.05, 4.69) is 26.6 Å². The number of hydrogen-bond acceptors (Lipinski definition) is 3. The highest BCUT2D eigenvalue weighted by Crippen LogP contribution is 2.40. The molecule has 0 fully saturated rings. The van der Waals surface area contributed by atoms with E-state index in [1.165, 1.54) is 0 Å². The normalized spacial score (nSPS) is 13.3. The molecule has 1 heterocycles. The smallest absolute Gasteiger partial charge is 0.255 e. The number of rotatable bonds is 3. The van der Waals surface area contributed by atoms with Gasteiger partial charge in [0.15, 0.2) is 0 Å². The van der Waals surface area contributed by atoms with Crippen molar-refractivity contribution >= 4 is 67.2 Å². The van der Waals surface area contributed by atoms with Crippen LogP contribution in [0, 0.1) is 0 Å². The molecule has 162 valence electrons. The molecule has 4 aromatic carbocycles. The third-order valence-electron chi connectivity index (χ3n) is 5.44. The van der Waals surface area contributed by atoms with Crippen LogP contribution in [-0.2, 0) is 9.59 Å².